The molecule has 4 N–H and O–H groups in total. The minimum atomic E-state index is 0. The molecule has 3 aromatic rings. The van der Waals surface area contributed by atoms with Crippen molar-refractivity contribution in [2.75, 3.05) is 11.1 Å². The van der Waals surface area contributed by atoms with Gasteiger partial charge in [-0.2, -0.15) is 0 Å². The van der Waals surface area contributed by atoms with E-state index in [0.717, 1.165) is 29.9 Å². The molecule has 0 fully saturated rings. The largest absolute Gasteiger partial charge is 0.398 e. The highest BCUT2D eigenvalue weighted by atomic mass is 15.0. The standard InChI is InChI=1S/C22H23N5.CH4/c1-14-25-21(16-9-10-19(24)17(11-16)13-23)12-22(26-14)27-20-8-4-6-15-5-2-3-7-18(15)20;/h2-3,5,7,9-13,20,23H,4,6,8,24H2,1H3,(H,25,26,27);1H4. The first kappa shape index (κ1) is 19.5. The molecule has 1 atom stereocenters. The fourth-order valence-electron chi connectivity index (χ4n) is 3.73. The smallest absolute Gasteiger partial charge is 0.130 e. The van der Waals surface area contributed by atoms with E-state index >= 15 is 0 Å². The Bertz CT molecular complexity index is 996. The summed E-state index contributed by atoms with van der Waals surface area (Å²) in [4.78, 5) is 9.17. The number of nitrogen functional groups attached to an aromatic ring is 1. The summed E-state index contributed by atoms with van der Waals surface area (Å²) in [7, 11) is 0. The van der Waals surface area contributed by atoms with Crippen LogP contribution in [0.2, 0.25) is 0 Å². The minimum Gasteiger partial charge on any atom is -0.398 e. The number of nitrogens with two attached hydrogens (primary N) is 1. The lowest BCUT2D eigenvalue weighted by atomic mass is 9.88. The van der Waals surface area contributed by atoms with Crippen LogP contribution >= 0.6 is 0 Å². The van der Waals surface area contributed by atoms with E-state index in [-0.39, 0.29) is 13.5 Å². The quantitative estimate of drug-likeness (QED) is 0.435. The van der Waals surface area contributed by atoms with E-state index in [1.54, 1.807) is 0 Å². The van der Waals surface area contributed by atoms with Gasteiger partial charge in [0.2, 0.25) is 0 Å². The minimum absolute atomic E-state index is 0. The summed E-state index contributed by atoms with van der Waals surface area (Å²) in [6.07, 6.45) is 4.67. The number of nitrogens with one attached hydrogen (secondary N) is 2. The SMILES string of the molecule is C.Cc1nc(NC2CCCc3ccccc32)cc(-c2ccc(N)c(C=N)c2)n1. The monoisotopic (exact) mass is 373 g/mol. The number of nitrogens with zero attached hydrogens (tertiary/aromatic N) is 2. The third kappa shape index (κ3) is 3.88. The Hall–Kier alpha value is -3.21. The van der Waals surface area contributed by atoms with Crippen LogP contribution in [-0.2, 0) is 6.42 Å². The summed E-state index contributed by atoms with van der Waals surface area (Å²) >= 11 is 0. The molecule has 0 spiro atoms. The third-order valence-electron chi connectivity index (χ3n) is 5.07. The molecule has 28 heavy (non-hydrogen) atoms. The average Bonchev–Trinajstić information content (AvgIpc) is 2.68. The molecule has 4 rings (SSSR count). The second-order valence-electron chi connectivity index (χ2n) is 6.96. The highest BCUT2D eigenvalue weighted by Gasteiger charge is 2.20. The van der Waals surface area contributed by atoms with Crippen molar-refractivity contribution in [2.24, 2.45) is 0 Å². The van der Waals surface area contributed by atoms with Crippen molar-refractivity contribution >= 4 is 17.7 Å². The molecule has 0 saturated carbocycles. The zero-order chi connectivity index (χ0) is 18.8. The van der Waals surface area contributed by atoms with Gasteiger partial charge in [0.1, 0.15) is 11.6 Å². The van der Waals surface area contributed by atoms with Crippen molar-refractivity contribution < 1.29 is 0 Å². The van der Waals surface area contributed by atoms with E-state index in [9.17, 15) is 0 Å². The van der Waals surface area contributed by atoms with Crippen molar-refractivity contribution in [3.63, 3.8) is 0 Å². The fraction of sp³-hybridized carbons (Fsp3) is 0.261. The van der Waals surface area contributed by atoms with Crippen LogP contribution in [0.1, 0.15) is 48.8 Å². The van der Waals surface area contributed by atoms with E-state index in [0.29, 0.717) is 17.1 Å². The maximum Gasteiger partial charge on any atom is 0.130 e. The molecule has 2 aromatic carbocycles. The van der Waals surface area contributed by atoms with Crippen LogP contribution in [-0.4, -0.2) is 16.2 Å². The van der Waals surface area contributed by atoms with Crippen LogP contribution in [0.15, 0.2) is 48.5 Å². The molecule has 0 bridgehead atoms. The summed E-state index contributed by atoms with van der Waals surface area (Å²) in [6, 6.07) is 16.5. The second kappa shape index (κ2) is 8.21. The number of benzene rings is 2. The molecule has 5 heteroatoms. The molecule has 1 unspecified atom stereocenters. The van der Waals surface area contributed by atoms with E-state index < -0.39 is 0 Å². The van der Waals surface area contributed by atoms with Gasteiger partial charge < -0.3 is 16.5 Å². The lowest BCUT2D eigenvalue weighted by Gasteiger charge is -2.27. The zero-order valence-corrected chi connectivity index (χ0v) is 15.4. The Kier molecular flexibility index (Phi) is 5.73. The number of aromatic nitrogens is 2. The molecule has 5 nitrogen and oxygen atoms in total. The van der Waals surface area contributed by atoms with Crippen LogP contribution in [0.4, 0.5) is 11.5 Å². The Labute approximate surface area is 166 Å². The van der Waals surface area contributed by atoms with Crippen molar-refractivity contribution in [2.45, 2.75) is 39.7 Å². The van der Waals surface area contributed by atoms with Gasteiger partial charge in [-0.1, -0.05) is 37.8 Å². The van der Waals surface area contributed by atoms with Gasteiger partial charge in [-0.25, -0.2) is 9.97 Å². The topological polar surface area (TPSA) is 87.7 Å². The molecule has 0 saturated heterocycles. The normalized spacial score (nSPS) is 15.2. The third-order valence-corrected chi connectivity index (χ3v) is 5.07. The highest BCUT2D eigenvalue weighted by Crippen LogP contribution is 2.32. The molecule has 1 heterocycles. The van der Waals surface area contributed by atoms with E-state index in [1.807, 2.05) is 31.2 Å². The molecular formula is C23H27N5. The van der Waals surface area contributed by atoms with Crippen molar-refractivity contribution in [3.05, 3.63) is 71.0 Å². The maximum absolute atomic E-state index is 7.52. The lowest BCUT2D eigenvalue weighted by Crippen LogP contribution is -2.18. The second-order valence-corrected chi connectivity index (χ2v) is 6.96. The summed E-state index contributed by atoms with van der Waals surface area (Å²) in [5.41, 5.74) is 11.7. The average molecular weight is 374 g/mol. The molecule has 0 amide bonds. The van der Waals surface area contributed by atoms with Gasteiger partial charge in [0.25, 0.3) is 0 Å². The first-order valence-corrected chi connectivity index (χ1v) is 9.24. The molecular weight excluding hydrogens is 346 g/mol. The van der Waals surface area contributed by atoms with Gasteiger partial charge >= 0.3 is 0 Å². The van der Waals surface area contributed by atoms with E-state index in [1.165, 1.54) is 23.8 Å². The predicted molar refractivity (Wildman–Crippen MR) is 117 cm³/mol. The molecule has 1 aliphatic carbocycles. The first-order valence-electron chi connectivity index (χ1n) is 9.24. The van der Waals surface area contributed by atoms with Gasteiger partial charge in [-0.05, 0) is 49.4 Å². The number of fused-ring (bicyclic) bond motifs is 1. The first-order chi connectivity index (χ1) is 13.1. The van der Waals surface area contributed by atoms with Gasteiger partial charge in [-0.15, -0.1) is 0 Å². The highest BCUT2D eigenvalue weighted by molar-refractivity contribution is 5.87. The van der Waals surface area contributed by atoms with Crippen molar-refractivity contribution in [1.29, 1.82) is 5.41 Å². The molecule has 0 aliphatic heterocycles. The lowest BCUT2D eigenvalue weighted by molar-refractivity contribution is 0.598. The number of aryl methyl sites for hydroxylation is 2. The van der Waals surface area contributed by atoms with Crippen molar-refractivity contribution in [3.8, 4) is 11.3 Å². The number of anilines is 2. The summed E-state index contributed by atoms with van der Waals surface area (Å²) in [6.45, 7) is 1.90. The van der Waals surface area contributed by atoms with Gasteiger partial charge in [-0.3, -0.25) is 0 Å². The number of hydrogen-bond acceptors (Lipinski definition) is 5. The number of hydrogen-bond donors (Lipinski definition) is 3. The van der Waals surface area contributed by atoms with E-state index in [2.05, 4.69) is 39.6 Å². The van der Waals surface area contributed by atoms with Crippen LogP contribution in [0, 0.1) is 12.3 Å². The summed E-state index contributed by atoms with van der Waals surface area (Å²) in [5, 5.41) is 11.1. The Morgan fingerprint density at radius 2 is 1.96 bits per heavy atom. The Morgan fingerprint density at radius 1 is 1.14 bits per heavy atom. The Morgan fingerprint density at radius 3 is 2.79 bits per heavy atom. The Balaban J connectivity index is 0.00000225. The van der Waals surface area contributed by atoms with Gasteiger partial charge in [0.05, 0.1) is 11.7 Å². The fourth-order valence-corrected chi connectivity index (χ4v) is 3.73. The van der Waals surface area contributed by atoms with Crippen molar-refractivity contribution in [1.82, 2.24) is 9.97 Å². The zero-order valence-electron chi connectivity index (χ0n) is 15.4. The van der Waals surface area contributed by atoms with Crippen LogP contribution in [0.5, 0.6) is 0 Å². The van der Waals surface area contributed by atoms with Gasteiger partial charge in [0.15, 0.2) is 0 Å². The summed E-state index contributed by atoms with van der Waals surface area (Å²) in [5.74, 6) is 1.54. The predicted octanol–water partition coefficient (Wildman–Crippen LogP) is 5.16. The molecule has 1 aromatic heterocycles. The number of rotatable bonds is 4. The summed E-state index contributed by atoms with van der Waals surface area (Å²) < 4.78 is 0. The van der Waals surface area contributed by atoms with E-state index in [4.69, 9.17) is 11.1 Å². The molecule has 1 aliphatic rings. The van der Waals surface area contributed by atoms with Gasteiger partial charge in [0, 0.05) is 29.1 Å². The molecule has 0 radical (unpaired) electrons. The molecule has 144 valence electrons. The van der Waals surface area contributed by atoms with Crippen LogP contribution < -0.4 is 11.1 Å². The maximum atomic E-state index is 7.52. The van der Waals surface area contributed by atoms with Crippen LogP contribution in [0.25, 0.3) is 11.3 Å². The van der Waals surface area contributed by atoms with Crippen LogP contribution in [0.3, 0.4) is 0 Å².